The van der Waals surface area contributed by atoms with Crippen molar-refractivity contribution in [2.75, 3.05) is 5.32 Å². The first-order valence-electron chi connectivity index (χ1n) is 7.36. The molecule has 6 heteroatoms. The van der Waals surface area contributed by atoms with Gasteiger partial charge < -0.3 is 11.1 Å². The molecule has 1 heterocycles. The molecule has 0 atom stereocenters. The van der Waals surface area contributed by atoms with Crippen molar-refractivity contribution >= 4 is 28.4 Å². The van der Waals surface area contributed by atoms with E-state index in [9.17, 15) is 9.59 Å². The molecule has 0 saturated heterocycles. The summed E-state index contributed by atoms with van der Waals surface area (Å²) in [7, 11) is 0. The Morgan fingerprint density at radius 3 is 2.75 bits per heavy atom. The Hall–Kier alpha value is -3.41. The molecule has 0 bridgehead atoms. The Balaban J connectivity index is 1.96. The third-order valence-electron chi connectivity index (χ3n) is 3.60. The topological polar surface area (TPSA) is 90.0 Å². The van der Waals surface area contributed by atoms with Crippen LogP contribution in [0, 0.1) is 0 Å². The van der Waals surface area contributed by atoms with Crippen LogP contribution in [-0.2, 0) is 11.3 Å². The number of fused-ring (bicyclic) bond motifs is 1. The lowest BCUT2D eigenvalue weighted by Crippen LogP contribution is -2.13. The number of nitrogens with zero attached hydrogens (tertiary/aromatic N) is 2. The lowest BCUT2D eigenvalue weighted by Gasteiger charge is -2.07. The van der Waals surface area contributed by atoms with Crippen molar-refractivity contribution in [2.24, 2.45) is 5.73 Å². The predicted octanol–water partition coefficient (Wildman–Crippen LogP) is 2.31. The number of carbonyl (C=O) groups excluding carboxylic acids is 2. The first-order valence-corrected chi connectivity index (χ1v) is 7.36. The number of amides is 2. The van der Waals surface area contributed by atoms with E-state index in [0.29, 0.717) is 12.2 Å². The predicted molar refractivity (Wildman–Crippen MR) is 92.6 cm³/mol. The summed E-state index contributed by atoms with van der Waals surface area (Å²) in [5.74, 6) is -0.829. The lowest BCUT2D eigenvalue weighted by atomic mass is 10.2. The van der Waals surface area contributed by atoms with Crippen LogP contribution >= 0.6 is 0 Å². The van der Waals surface area contributed by atoms with Gasteiger partial charge in [-0.25, -0.2) is 0 Å². The molecule has 0 saturated carbocycles. The summed E-state index contributed by atoms with van der Waals surface area (Å²) in [6.45, 7) is 3.88. The number of primary amides is 1. The van der Waals surface area contributed by atoms with Crippen LogP contribution < -0.4 is 11.1 Å². The molecule has 0 fully saturated rings. The highest BCUT2D eigenvalue weighted by atomic mass is 16.1. The molecule has 0 unspecified atom stereocenters. The molecular formula is C18H16N4O2. The third kappa shape index (κ3) is 3.03. The minimum atomic E-state index is -0.558. The number of hydrogen-bond donors (Lipinski definition) is 2. The quantitative estimate of drug-likeness (QED) is 0.707. The number of benzene rings is 2. The van der Waals surface area contributed by atoms with Gasteiger partial charge in [-0.05, 0) is 29.8 Å². The summed E-state index contributed by atoms with van der Waals surface area (Å²) in [4.78, 5) is 23.0. The number of rotatable bonds is 5. The van der Waals surface area contributed by atoms with Gasteiger partial charge in [0.15, 0.2) is 5.69 Å². The van der Waals surface area contributed by atoms with E-state index in [1.807, 2.05) is 42.5 Å². The minimum absolute atomic E-state index is 0.252. The van der Waals surface area contributed by atoms with E-state index in [0.717, 1.165) is 16.5 Å². The van der Waals surface area contributed by atoms with Gasteiger partial charge in [0, 0.05) is 11.1 Å². The number of nitrogens with two attached hydrogens (primary N) is 1. The van der Waals surface area contributed by atoms with E-state index in [2.05, 4.69) is 17.0 Å². The second kappa shape index (κ2) is 6.37. The van der Waals surface area contributed by atoms with Crippen LogP contribution in [0.25, 0.3) is 10.9 Å². The van der Waals surface area contributed by atoms with Gasteiger partial charge in [-0.15, -0.1) is 0 Å². The fourth-order valence-electron chi connectivity index (χ4n) is 2.54. The van der Waals surface area contributed by atoms with Crippen LogP contribution in [0.3, 0.4) is 0 Å². The fourth-order valence-corrected chi connectivity index (χ4v) is 2.54. The van der Waals surface area contributed by atoms with Gasteiger partial charge in [0.1, 0.15) is 0 Å². The summed E-state index contributed by atoms with van der Waals surface area (Å²) < 4.78 is 1.73. The standard InChI is InChI=1S/C18H16N4O2/c1-2-16(23)20-13-7-5-6-12(10-13)11-22-15-9-4-3-8-14(15)17(21-22)18(19)24/h2-10H,1,11H2,(H2,19,24)(H,20,23). The molecule has 0 aliphatic carbocycles. The van der Waals surface area contributed by atoms with Crippen molar-refractivity contribution in [3.8, 4) is 0 Å². The molecule has 1 aromatic heterocycles. The summed E-state index contributed by atoms with van der Waals surface area (Å²) in [5.41, 5.74) is 8.09. The normalized spacial score (nSPS) is 10.5. The van der Waals surface area contributed by atoms with Crippen LogP contribution in [-0.4, -0.2) is 21.6 Å². The van der Waals surface area contributed by atoms with Crippen molar-refractivity contribution in [3.05, 3.63) is 72.4 Å². The highest BCUT2D eigenvalue weighted by Crippen LogP contribution is 2.20. The zero-order chi connectivity index (χ0) is 17.1. The van der Waals surface area contributed by atoms with E-state index in [1.165, 1.54) is 6.08 Å². The molecule has 3 aromatic rings. The number of carbonyl (C=O) groups is 2. The Morgan fingerprint density at radius 1 is 1.21 bits per heavy atom. The van der Waals surface area contributed by atoms with Gasteiger partial charge >= 0.3 is 0 Å². The van der Waals surface area contributed by atoms with Crippen LogP contribution in [0.15, 0.2) is 61.2 Å². The second-order valence-electron chi connectivity index (χ2n) is 5.28. The van der Waals surface area contributed by atoms with Crippen LogP contribution in [0.5, 0.6) is 0 Å². The third-order valence-corrected chi connectivity index (χ3v) is 3.60. The second-order valence-corrected chi connectivity index (χ2v) is 5.28. The SMILES string of the molecule is C=CC(=O)Nc1cccc(Cn2nc(C(N)=O)c3ccccc32)c1. The van der Waals surface area contributed by atoms with Gasteiger partial charge in [-0.2, -0.15) is 5.10 Å². The number of nitrogens with one attached hydrogen (secondary N) is 1. The summed E-state index contributed by atoms with van der Waals surface area (Å²) in [6, 6.07) is 14.8. The zero-order valence-electron chi connectivity index (χ0n) is 12.9. The van der Waals surface area contributed by atoms with Crippen molar-refractivity contribution in [1.82, 2.24) is 9.78 Å². The minimum Gasteiger partial charge on any atom is -0.364 e. The fraction of sp³-hybridized carbons (Fsp3) is 0.0556. The van der Waals surface area contributed by atoms with Gasteiger partial charge in [-0.1, -0.05) is 36.9 Å². The molecule has 0 spiro atoms. The van der Waals surface area contributed by atoms with Gasteiger partial charge in [0.25, 0.3) is 5.91 Å². The number of anilines is 1. The van der Waals surface area contributed by atoms with E-state index in [4.69, 9.17) is 5.73 Å². The summed E-state index contributed by atoms with van der Waals surface area (Å²) in [5, 5.41) is 7.77. The number of aromatic nitrogens is 2. The molecule has 6 nitrogen and oxygen atoms in total. The highest BCUT2D eigenvalue weighted by molar-refractivity contribution is 6.04. The smallest absolute Gasteiger partial charge is 0.269 e. The summed E-state index contributed by atoms with van der Waals surface area (Å²) in [6.07, 6.45) is 1.22. The van der Waals surface area contributed by atoms with E-state index in [1.54, 1.807) is 10.7 Å². The van der Waals surface area contributed by atoms with Gasteiger partial charge in [0.05, 0.1) is 12.1 Å². The molecule has 3 N–H and O–H groups in total. The molecule has 0 aliphatic rings. The maximum absolute atomic E-state index is 11.6. The van der Waals surface area contributed by atoms with E-state index < -0.39 is 5.91 Å². The Morgan fingerprint density at radius 2 is 2.00 bits per heavy atom. The Labute approximate surface area is 138 Å². The molecule has 0 aliphatic heterocycles. The average Bonchev–Trinajstić information content (AvgIpc) is 2.94. The Bertz CT molecular complexity index is 943. The molecule has 2 amide bonds. The van der Waals surface area contributed by atoms with Crippen LogP contribution in [0.1, 0.15) is 16.1 Å². The first kappa shape index (κ1) is 15.5. The molecule has 0 radical (unpaired) electrons. The number of para-hydroxylation sites is 1. The van der Waals surface area contributed by atoms with Crippen LogP contribution in [0.4, 0.5) is 5.69 Å². The van der Waals surface area contributed by atoms with Gasteiger partial charge in [-0.3, -0.25) is 14.3 Å². The molecule has 3 rings (SSSR count). The molecule has 24 heavy (non-hydrogen) atoms. The van der Waals surface area contributed by atoms with Gasteiger partial charge in [0.2, 0.25) is 5.91 Å². The van der Waals surface area contributed by atoms with Crippen molar-refractivity contribution in [2.45, 2.75) is 6.54 Å². The lowest BCUT2D eigenvalue weighted by molar-refractivity contribution is -0.111. The maximum Gasteiger partial charge on any atom is 0.269 e. The zero-order valence-corrected chi connectivity index (χ0v) is 12.9. The average molecular weight is 320 g/mol. The Kier molecular flexibility index (Phi) is 4.11. The molecule has 2 aromatic carbocycles. The van der Waals surface area contributed by atoms with Crippen molar-refractivity contribution in [1.29, 1.82) is 0 Å². The molecule has 120 valence electrons. The van der Waals surface area contributed by atoms with E-state index in [-0.39, 0.29) is 11.6 Å². The summed E-state index contributed by atoms with van der Waals surface area (Å²) >= 11 is 0. The highest BCUT2D eigenvalue weighted by Gasteiger charge is 2.14. The molecular weight excluding hydrogens is 304 g/mol. The largest absolute Gasteiger partial charge is 0.364 e. The number of hydrogen-bond acceptors (Lipinski definition) is 3. The first-order chi connectivity index (χ1) is 11.6. The van der Waals surface area contributed by atoms with Crippen molar-refractivity contribution < 1.29 is 9.59 Å². The maximum atomic E-state index is 11.6. The van der Waals surface area contributed by atoms with Crippen molar-refractivity contribution in [3.63, 3.8) is 0 Å². The van der Waals surface area contributed by atoms with E-state index >= 15 is 0 Å². The monoisotopic (exact) mass is 320 g/mol. The van der Waals surface area contributed by atoms with Crippen LogP contribution in [0.2, 0.25) is 0 Å².